The fourth-order valence-electron chi connectivity index (χ4n) is 2.07. The zero-order valence-corrected chi connectivity index (χ0v) is 14.7. The summed E-state index contributed by atoms with van der Waals surface area (Å²) in [6, 6.07) is 10.8. The number of hydrogen-bond acceptors (Lipinski definition) is 1. The zero-order chi connectivity index (χ0) is 14.7. The number of rotatable bonds is 4. The molecule has 0 fully saturated rings. The normalized spacial score (nSPS) is 12.4. The van der Waals surface area contributed by atoms with Gasteiger partial charge >= 0.3 is 0 Å². The number of hydrogen-bond donors (Lipinski definition) is 1. The Morgan fingerprint density at radius 2 is 1.90 bits per heavy atom. The fraction of sp³-hybridized carbons (Fsp3) is 0.200. The SMILES string of the molecule is CCNC(c1cc(Cl)cc(Br)c1)c1ccc(F)c(Br)c1. The maximum Gasteiger partial charge on any atom is 0.137 e. The molecular formula is C15H13Br2ClFN. The highest BCUT2D eigenvalue weighted by atomic mass is 79.9. The lowest BCUT2D eigenvalue weighted by molar-refractivity contribution is 0.608. The van der Waals surface area contributed by atoms with Gasteiger partial charge in [0.2, 0.25) is 0 Å². The lowest BCUT2D eigenvalue weighted by Crippen LogP contribution is -2.22. The molecule has 0 heterocycles. The molecule has 20 heavy (non-hydrogen) atoms. The van der Waals surface area contributed by atoms with E-state index >= 15 is 0 Å². The molecular weight excluding hydrogens is 408 g/mol. The summed E-state index contributed by atoms with van der Waals surface area (Å²) in [7, 11) is 0. The molecule has 0 aromatic heterocycles. The van der Waals surface area contributed by atoms with Gasteiger partial charge in [0.05, 0.1) is 10.5 Å². The van der Waals surface area contributed by atoms with Crippen molar-refractivity contribution in [2.45, 2.75) is 13.0 Å². The van der Waals surface area contributed by atoms with E-state index in [9.17, 15) is 4.39 Å². The van der Waals surface area contributed by atoms with E-state index in [1.165, 1.54) is 6.07 Å². The minimum absolute atomic E-state index is 0.0353. The van der Waals surface area contributed by atoms with Crippen LogP contribution in [0.5, 0.6) is 0 Å². The largest absolute Gasteiger partial charge is 0.307 e. The zero-order valence-electron chi connectivity index (χ0n) is 10.8. The van der Waals surface area contributed by atoms with Crippen LogP contribution in [0.3, 0.4) is 0 Å². The second-order valence-corrected chi connectivity index (χ2v) is 6.57. The minimum Gasteiger partial charge on any atom is -0.307 e. The van der Waals surface area contributed by atoms with Crippen LogP contribution in [0, 0.1) is 5.82 Å². The summed E-state index contributed by atoms with van der Waals surface area (Å²) < 4.78 is 14.8. The Kier molecular flexibility index (Phi) is 5.61. The van der Waals surface area contributed by atoms with Crippen LogP contribution < -0.4 is 5.32 Å². The van der Waals surface area contributed by atoms with Crippen LogP contribution in [0.4, 0.5) is 4.39 Å². The van der Waals surface area contributed by atoms with Crippen LogP contribution >= 0.6 is 43.5 Å². The van der Waals surface area contributed by atoms with E-state index < -0.39 is 0 Å². The Morgan fingerprint density at radius 3 is 2.50 bits per heavy atom. The Hall–Kier alpha value is -0.420. The number of halogens is 4. The van der Waals surface area contributed by atoms with Crippen molar-refractivity contribution in [2.24, 2.45) is 0 Å². The van der Waals surface area contributed by atoms with Crippen LogP contribution in [0.1, 0.15) is 24.1 Å². The van der Waals surface area contributed by atoms with Crippen LogP contribution in [0.25, 0.3) is 0 Å². The van der Waals surface area contributed by atoms with Gasteiger partial charge in [0.1, 0.15) is 5.82 Å². The predicted molar refractivity (Wildman–Crippen MR) is 88.8 cm³/mol. The van der Waals surface area contributed by atoms with Gasteiger partial charge in [-0.25, -0.2) is 4.39 Å². The van der Waals surface area contributed by atoms with E-state index in [2.05, 4.69) is 37.2 Å². The molecule has 0 spiro atoms. The van der Waals surface area contributed by atoms with Crippen molar-refractivity contribution in [3.8, 4) is 0 Å². The summed E-state index contributed by atoms with van der Waals surface area (Å²) >= 11 is 12.8. The number of nitrogens with one attached hydrogen (secondary N) is 1. The molecule has 5 heteroatoms. The molecule has 2 rings (SSSR count). The second kappa shape index (κ2) is 7.03. The molecule has 106 valence electrons. The second-order valence-electron chi connectivity index (χ2n) is 4.37. The fourth-order valence-corrected chi connectivity index (χ4v) is 3.35. The van der Waals surface area contributed by atoms with Crippen LogP contribution in [0.15, 0.2) is 45.3 Å². The van der Waals surface area contributed by atoms with Gasteiger partial charge in [-0.1, -0.05) is 40.5 Å². The van der Waals surface area contributed by atoms with Gasteiger partial charge in [0, 0.05) is 9.50 Å². The molecule has 1 unspecified atom stereocenters. The first-order valence-corrected chi connectivity index (χ1v) is 8.12. The molecule has 2 aromatic carbocycles. The lowest BCUT2D eigenvalue weighted by atomic mass is 9.98. The van der Waals surface area contributed by atoms with Gasteiger partial charge in [-0.3, -0.25) is 0 Å². The summed E-state index contributed by atoms with van der Waals surface area (Å²) in [5.41, 5.74) is 2.01. The average molecular weight is 422 g/mol. The van der Waals surface area contributed by atoms with E-state index in [0.717, 1.165) is 22.1 Å². The average Bonchev–Trinajstić information content (AvgIpc) is 2.38. The Balaban J connectivity index is 2.46. The van der Waals surface area contributed by atoms with Gasteiger partial charge in [0.25, 0.3) is 0 Å². The first-order valence-electron chi connectivity index (χ1n) is 6.15. The Labute approximate surface area is 139 Å². The first kappa shape index (κ1) is 16.0. The molecule has 2 aromatic rings. The van der Waals surface area contributed by atoms with Crippen molar-refractivity contribution in [3.05, 3.63) is 67.3 Å². The van der Waals surface area contributed by atoms with Crippen molar-refractivity contribution in [3.63, 3.8) is 0 Å². The predicted octanol–water partition coefficient (Wildman–Crippen LogP) is 5.70. The molecule has 0 radical (unpaired) electrons. The molecule has 1 atom stereocenters. The molecule has 0 saturated carbocycles. The molecule has 0 amide bonds. The third-order valence-corrected chi connectivity index (χ3v) is 4.19. The molecule has 0 saturated heterocycles. The van der Waals surface area contributed by atoms with Gasteiger partial charge < -0.3 is 5.32 Å². The molecule has 1 nitrogen and oxygen atoms in total. The lowest BCUT2D eigenvalue weighted by Gasteiger charge is -2.20. The maximum atomic E-state index is 13.4. The topological polar surface area (TPSA) is 12.0 Å². The standard InChI is InChI=1S/C15H13Br2ClFN/c1-2-20-15(9-3-4-14(19)13(17)7-9)10-5-11(16)8-12(18)6-10/h3-8,15,20H,2H2,1H3. The minimum atomic E-state index is -0.267. The quantitative estimate of drug-likeness (QED) is 0.667. The highest BCUT2D eigenvalue weighted by molar-refractivity contribution is 9.10. The van der Waals surface area contributed by atoms with Crippen molar-refractivity contribution < 1.29 is 4.39 Å². The van der Waals surface area contributed by atoms with E-state index in [0.29, 0.717) is 9.50 Å². The molecule has 0 aliphatic rings. The van der Waals surface area contributed by atoms with Gasteiger partial charge in [-0.05, 0) is 63.9 Å². The van der Waals surface area contributed by atoms with Gasteiger partial charge in [0.15, 0.2) is 0 Å². The first-order chi connectivity index (χ1) is 9.51. The van der Waals surface area contributed by atoms with Gasteiger partial charge in [-0.15, -0.1) is 0 Å². The van der Waals surface area contributed by atoms with Crippen molar-refractivity contribution in [1.82, 2.24) is 5.32 Å². The van der Waals surface area contributed by atoms with Crippen LogP contribution in [0.2, 0.25) is 5.02 Å². The summed E-state index contributed by atoms with van der Waals surface area (Å²) in [4.78, 5) is 0. The van der Waals surface area contributed by atoms with E-state index in [1.807, 2.05) is 25.1 Å². The maximum absolute atomic E-state index is 13.4. The van der Waals surface area contributed by atoms with Crippen LogP contribution in [-0.2, 0) is 0 Å². The molecule has 0 aliphatic heterocycles. The highest BCUT2D eigenvalue weighted by Gasteiger charge is 2.15. The summed E-state index contributed by atoms with van der Waals surface area (Å²) in [5, 5.41) is 4.06. The Morgan fingerprint density at radius 1 is 1.15 bits per heavy atom. The highest BCUT2D eigenvalue weighted by Crippen LogP contribution is 2.30. The Bertz CT molecular complexity index is 599. The monoisotopic (exact) mass is 419 g/mol. The van der Waals surface area contributed by atoms with Gasteiger partial charge in [-0.2, -0.15) is 0 Å². The summed E-state index contributed by atoms with van der Waals surface area (Å²) in [6.45, 7) is 2.83. The smallest absolute Gasteiger partial charge is 0.137 e. The summed E-state index contributed by atoms with van der Waals surface area (Å²) in [6.07, 6.45) is 0. The van der Waals surface area contributed by atoms with E-state index in [4.69, 9.17) is 11.6 Å². The van der Waals surface area contributed by atoms with E-state index in [-0.39, 0.29) is 11.9 Å². The van der Waals surface area contributed by atoms with Crippen molar-refractivity contribution >= 4 is 43.5 Å². The van der Waals surface area contributed by atoms with Crippen molar-refractivity contribution in [1.29, 1.82) is 0 Å². The third-order valence-electron chi connectivity index (χ3n) is 2.90. The van der Waals surface area contributed by atoms with Crippen LogP contribution in [-0.4, -0.2) is 6.54 Å². The van der Waals surface area contributed by atoms with E-state index in [1.54, 1.807) is 12.1 Å². The molecule has 0 aliphatic carbocycles. The molecule has 0 bridgehead atoms. The third kappa shape index (κ3) is 3.82. The van der Waals surface area contributed by atoms with Crippen molar-refractivity contribution in [2.75, 3.05) is 6.54 Å². The molecule has 1 N–H and O–H groups in total. The number of benzene rings is 2. The summed E-state index contributed by atoms with van der Waals surface area (Å²) in [5.74, 6) is -0.267.